The van der Waals surface area contributed by atoms with Crippen LogP contribution in [-0.2, 0) is 6.18 Å². The lowest BCUT2D eigenvalue weighted by molar-refractivity contribution is -0.137. The van der Waals surface area contributed by atoms with Gasteiger partial charge in [-0.15, -0.1) is 0 Å². The summed E-state index contributed by atoms with van der Waals surface area (Å²) in [5.41, 5.74) is -0.783. The summed E-state index contributed by atoms with van der Waals surface area (Å²) < 4.78 is 38.1. The summed E-state index contributed by atoms with van der Waals surface area (Å²) in [6.45, 7) is 4.24. The minimum Gasteiger partial charge on any atom is -0.383 e. The summed E-state index contributed by atoms with van der Waals surface area (Å²) in [6.07, 6.45) is -4.33. The molecule has 96 valence electrons. The number of hydrogen-bond acceptors (Lipinski definition) is 2. The van der Waals surface area contributed by atoms with Crippen LogP contribution in [0.5, 0.6) is 0 Å². The first kappa shape index (κ1) is 13.8. The first-order chi connectivity index (χ1) is 7.76. The van der Waals surface area contributed by atoms with Crippen LogP contribution in [0.1, 0.15) is 19.4 Å². The number of para-hydroxylation sites is 1. The molecule has 1 aromatic rings. The number of alkyl halides is 3. The Hall–Kier alpha value is -1.23. The van der Waals surface area contributed by atoms with Gasteiger partial charge in [-0.1, -0.05) is 12.1 Å². The maximum absolute atomic E-state index is 12.7. The zero-order valence-electron chi connectivity index (χ0n) is 10.2. The predicted octanol–water partition coefficient (Wildman–Crippen LogP) is 3.12. The molecule has 0 heterocycles. The topological polar surface area (TPSA) is 24.1 Å². The van der Waals surface area contributed by atoms with Crippen molar-refractivity contribution in [3.63, 3.8) is 0 Å². The van der Waals surface area contributed by atoms with E-state index in [-0.39, 0.29) is 11.2 Å². The van der Waals surface area contributed by atoms with Crippen molar-refractivity contribution in [1.82, 2.24) is 5.32 Å². The van der Waals surface area contributed by atoms with Gasteiger partial charge in [-0.3, -0.25) is 0 Å². The van der Waals surface area contributed by atoms with E-state index in [0.29, 0.717) is 6.54 Å². The second-order valence-corrected chi connectivity index (χ2v) is 4.53. The lowest BCUT2D eigenvalue weighted by Gasteiger charge is -2.26. The molecule has 0 fully saturated rings. The van der Waals surface area contributed by atoms with Crippen LogP contribution < -0.4 is 10.6 Å². The largest absolute Gasteiger partial charge is 0.418 e. The molecular weight excluding hydrogens is 229 g/mol. The molecule has 1 aromatic carbocycles. The van der Waals surface area contributed by atoms with Gasteiger partial charge in [-0.05, 0) is 33.0 Å². The van der Waals surface area contributed by atoms with E-state index in [4.69, 9.17) is 0 Å². The van der Waals surface area contributed by atoms with E-state index in [1.54, 1.807) is 13.1 Å². The molecule has 0 radical (unpaired) electrons. The highest BCUT2D eigenvalue weighted by molar-refractivity contribution is 5.52. The third-order valence-electron chi connectivity index (χ3n) is 2.63. The van der Waals surface area contributed by atoms with Gasteiger partial charge in [0, 0.05) is 17.8 Å². The molecule has 0 unspecified atom stereocenters. The highest BCUT2D eigenvalue weighted by atomic mass is 19.4. The zero-order chi connectivity index (χ0) is 13.1. The Morgan fingerprint density at radius 3 is 2.24 bits per heavy atom. The molecular formula is C12H17F3N2. The Bertz CT molecular complexity index is 372. The second kappa shape index (κ2) is 4.96. The van der Waals surface area contributed by atoms with Gasteiger partial charge in [0.25, 0.3) is 0 Å². The summed E-state index contributed by atoms with van der Waals surface area (Å²) >= 11 is 0. The van der Waals surface area contributed by atoms with E-state index < -0.39 is 11.7 Å². The van der Waals surface area contributed by atoms with Crippen LogP contribution >= 0.6 is 0 Å². The van der Waals surface area contributed by atoms with Crippen molar-refractivity contribution < 1.29 is 13.2 Å². The van der Waals surface area contributed by atoms with Gasteiger partial charge in [-0.2, -0.15) is 13.2 Å². The summed E-state index contributed by atoms with van der Waals surface area (Å²) in [5.74, 6) is 0. The van der Waals surface area contributed by atoms with E-state index >= 15 is 0 Å². The van der Waals surface area contributed by atoms with Crippen molar-refractivity contribution >= 4 is 5.69 Å². The summed E-state index contributed by atoms with van der Waals surface area (Å²) in [5, 5.41) is 5.85. The lowest BCUT2D eigenvalue weighted by atomic mass is 10.1. The second-order valence-electron chi connectivity index (χ2n) is 4.53. The van der Waals surface area contributed by atoms with E-state index in [9.17, 15) is 13.2 Å². The Kier molecular flexibility index (Phi) is 4.03. The minimum absolute atomic E-state index is 0.114. The Labute approximate surface area is 99.2 Å². The highest BCUT2D eigenvalue weighted by Crippen LogP contribution is 2.34. The van der Waals surface area contributed by atoms with Gasteiger partial charge in [0.15, 0.2) is 0 Å². The van der Waals surface area contributed by atoms with Gasteiger partial charge < -0.3 is 10.6 Å². The fourth-order valence-electron chi connectivity index (χ4n) is 1.29. The van der Waals surface area contributed by atoms with Gasteiger partial charge in [-0.25, -0.2) is 0 Å². The van der Waals surface area contributed by atoms with E-state index in [0.717, 1.165) is 6.07 Å². The molecule has 2 N–H and O–H groups in total. The van der Waals surface area contributed by atoms with Crippen molar-refractivity contribution in [3.8, 4) is 0 Å². The van der Waals surface area contributed by atoms with E-state index in [2.05, 4.69) is 10.6 Å². The maximum atomic E-state index is 12.7. The standard InChI is InChI=1S/C12H17F3N2/c1-11(2,16-3)8-17-10-7-5-4-6-9(10)12(13,14)15/h4-7,16-17H,8H2,1-3H3. The molecule has 0 atom stereocenters. The van der Waals surface area contributed by atoms with E-state index in [1.165, 1.54) is 12.1 Å². The molecule has 0 spiro atoms. The predicted molar refractivity (Wildman–Crippen MR) is 63.1 cm³/mol. The van der Waals surface area contributed by atoms with Crippen LogP contribution in [-0.4, -0.2) is 19.1 Å². The van der Waals surface area contributed by atoms with Crippen molar-refractivity contribution in [2.75, 3.05) is 18.9 Å². The maximum Gasteiger partial charge on any atom is 0.418 e. The number of anilines is 1. The van der Waals surface area contributed by atoms with Crippen LogP contribution in [0, 0.1) is 0 Å². The molecule has 17 heavy (non-hydrogen) atoms. The average Bonchev–Trinajstić information content (AvgIpc) is 2.26. The summed E-state index contributed by atoms with van der Waals surface area (Å²) in [7, 11) is 1.78. The van der Waals surface area contributed by atoms with Gasteiger partial charge in [0.1, 0.15) is 0 Å². The van der Waals surface area contributed by atoms with Crippen molar-refractivity contribution in [2.45, 2.75) is 25.6 Å². The number of nitrogens with one attached hydrogen (secondary N) is 2. The van der Waals surface area contributed by atoms with Crippen LogP contribution in [0.15, 0.2) is 24.3 Å². The van der Waals surface area contributed by atoms with Gasteiger partial charge >= 0.3 is 6.18 Å². The normalized spacial score (nSPS) is 12.6. The minimum atomic E-state index is -4.33. The quantitative estimate of drug-likeness (QED) is 0.853. The smallest absolute Gasteiger partial charge is 0.383 e. The SMILES string of the molecule is CNC(C)(C)CNc1ccccc1C(F)(F)F. The number of hydrogen-bond donors (Lipinski definition) is 2. The fourth-order valence-corrected chi connectivity index (χ4v) is 1.29. The summed E-state index contributed by atoms with van der Waals surface area (Å²) in [6, 6.07) is 5.49. The monoisotopic (exact) mass is 246 g/mol. The molecule has 0 bridgehead atoms. The van der Waals surface area contributed by atoms with Crippen LogP contribution in [0.2, 0.25) is 0 Å². The summed E-state index contributed by atoms with van der Waals surface area (Å²) in [4.78, 5) is 0. The fraction of sp³-hybridized carbons (Fsp3) is 0.500. The molecule has 0 saturated heterocycles. The Morgan fingerprint density at radius 2 is 1.71 bits per heavy atom. The van der Waals surface area contributed by atoms with Gasteiger partial charge in [0.2, 0.25) is 0 Å². The molecule has 0 aromatic heterocycles. The molecule has 0 amide bonds. The Balaban J connectivity index is 2.85. The first-order valence-electron chi connectivity index (χ1n) is 5.35. The molecule has 0 aliphatic rings. The molecule has 0 saturated carbocycles. The zero-order valence-corrected chi connectivity index (χ0v) is 10.2. The Morgan fingerprint density at radius 1 is 1.12 bits per heavy atom. The number of likely N-dealkylation sites (N-methyl/N-ethyl adjacent to an activating group) is 1. The first-order valence-corrected chi connectivity index (χ1v) is 5.35. The van der Waals surface area contributed by atoms with Crippen molar-refractivity contribution in [1.29, 1.82) is 0 Å². The van der Waals surface area contributed by atoms with Crippen molar-refractivity contribution in [3.05, 3.63) is 29.8 Å². The molecule has 0 aliphatic carbocycles. The highest BCUT2D eigenvalue weighted by Gasteiger charge is 2.33. The lowest BCUT2D eigenvalue weighted by Crippen LogP contribution is -2.43. The van der Waals surface area contributed by atoms with E-state index in [1.807, 2.05) is 13.8 Å². The number of halogens is 3. The number of benzene rings is 1. The van der Waals surface area contributed by atoms with Crippen LogP contribution in [0.3, 0.4) is 0 Å². The number of rotatable bonds is 4. The third kappa shape index (κ3) is 3.93. The average molecular weight is 246 g/mol. The molecule has 0 aliphatic heterocycles. The third-order valence-corrected chi connectivity index (χ3v) is 2.63. The van der Waals surface area contributed by atoms with Crippen LogP contribution in [0.4, 0.5) is 18.9 Å². The van der Waals surface area contributed by atoms with Crippen LogP contribution in [0.25, 0.3) is 0 Å². The van der Waals surface area contributed by atoms with Gasteiger partial charge in [0.05, 0.1) is 5.56 Å². The molecule has 2 nitrogen and oxygen atoms in total. The molecule has 1 rings (SSSR count). The molecule has 5 heteroatoms. The van der Waals surface area contributed by atoms with Crippen molar-refractivity contribution in [2.24, 2.45) is 0 Å².